The third-order valence-corrected chi connectivity index (χ3v) is 3.81. The zero-order chi connectivity index (χ0) is 20.5. The minimum atomic E-state index is -0.435. The van der Waals surface area contributed by atoms with Gasteiger partial charge >= 0.3 is 5.97 Å². The maximum absolute atomic E-state index is 11.9. The minimum Gasteiger partial charge on any atom is -0.504 e. The van der Waals surface area contributed by atoms with E-state index in [0.29, 0.717) is 16.9 Å². The van der Waals surface area contributed by atoms with E-state index in [4.69, 9.17) is 4.74 Å². The Labute approximate surface area is 162 Å². The molecule has 0 aliphatic carbocycles. The highest BCUT2D eigenvalue weighted by Gasteiger charge is 2.06. The van der Waals surface area contributed by atoms with E-state index in [1.54, 1.807) is 48.6 Å². The highest BCUT2D eigenvalue weighted by molar-refractivity contribution is 6.10. The van der Waals surface area contributed by atoms with E-state index in [1.165, 1.54) is 32.4 Å². The van der Waals surface area contributed by atoms with Crippen LogP contribution in [0.25, 0.3) is 12.2 Å². The monoisotopic (exact) mass is 380 g/mol. The highest BCUT2D eigenvalue weighted by Crippen LogP contribution is 2.26. The molecule has 0 bridgehead atoms. The second-order valence-corrected chi connectivity index (χ2v) is 5.82. The van der Waals surface area contributed by atoms with Crippen LogP contribution >= 0.6 is 0 Å². The van der Waals surface area contributed by atoms with Crippen LogP contribution in [0.5, 0.6) is 11.5 Å². The van der Waals surface area contributed by atoms with Crippen molar-refractivity contribution in [2.24, 2.45) is 0 Å². The van der Waals surface area contributed by atoms with Gasteiger partial charge in [-0.25, -0.2) is 4.79 Å². The second kappa shape index (κ2) is 9.87. The molecule has 144 valence electrons. The van der Waals surface area contributed by atoms with Crippen LogP contribution in [0.1, 0.15) is 27.9 Å². The number of hydrogen-bond donors (Lipinski definition) is 1. The van der Waals surface area contributed by atoms with Gasteiger partial charge in [-0.15, -0.1) is 0 Å². The molecule has 0 aliphatic rings. The van der Waals surface area contributed by atoms with E-state index in [-0.39, 0.29) is 23.7 Å². The standard InChI is InChI=1S/C22H20O6/c1-27-21-13-16(7-12-20(21)25)6-11-19(24)14-18(23)10-5-15-3-8-17(9-4-15)22(26)28-2/h3-13,25H,14H2,1-2H3/b10-5+,11-6+. The first kappa shape index (κ1) is 20.6. The lowest BCUT2D eigenvalue weighted by atomic mass is 10.1. The molecule has 6 heteroatoms. The van der Waals surface area contributed by atoms with E-state index in [0.717, 1.165) is 5.56 Å². The molecule has 0 radical (unpaired) electrons. The van der Waals surface area contributed by atoms with Crippen LogP contribution in [0.3, 0.4) is 0 Å². The summed E-state index contributed by atoms with van der Waals surface area (Å²) in [6, 6.07) is 11.2. The van der Waals surface area contributed by atoms with Gasteiger partial charge in [0.05, 0.1) is 26.2 Å². The number of carbonyl (C=O) groups excluding carboxylic acids is 3. The number of benzene rings is 2. The molecule has 0 amide bonds. The number of hydrogen-bond acceptors (Lipinski definition) is 6. The zero-order valence-corrected chi connectivity index (χ0v) is 15.5. The Bertz CT molecular complexity index is 923. The molecule has 0 aromatic heterocycles. The first-order valence-corrected chi connectivity index (χ1v) is 8.40. The maximum Gasteiger partial charge on any atom is 0.337 e. The Kier molecular flexibility index (Phi) is 7.28. The average Bonchev–Trinajstić information content (AvgIpc) is 2.71. The summed E-state index contributed by atoms with van der Waals surface area (Å²) in [6.45, 7) is 0. The van der Waals surface area contributed by atoms with Gasteiger partial charge in [0, 0.05) is 0 Å². The van der Waals surface area contributed by atoms with Crippen molar-refractivity contribution < 1.29 is 29.0 Å². The van der Waals surface area contributed by atoms with Gasteiger partial charge in [0.1, 0.15) is 0 Å². The van der Waals surface area contributed by atoms with Crippen molar-refractivity contribution in [3.05, 3.63) is 71.3 Å². The van der Waals surface area contributed by atoms with E-state index < -0.39 is 5.97 Å². The molecular formula is C22H20O6. The van der Waals surface area contributed by atoms with Crippen LogP contribution in [-0.2, 0) is 14.3 Å². The third kappa shape index (κ3) is 5.95. The lowest BCUT2D eigenvalue weighted by molar-refractivity contribution is -0.121. The number of phenolic OH excluding ortho intramolecular Hbond substituents is 1. The number of aromatic hydroxyl groups is 1. The molecule has 0 atom stereocenters. The molecule has 0 unspecified atom stereocenters. The van der Waals surface area contributed by atoms with Crippen molar-refractivity contribution in [3.8, 4) is 11.5 Å². The molecule has 0 aliphatic heterocycles. The largest absolute Gasteiger partial charge is 0.504 e. The number of allylic oxidation sites excluding steroid dienone is 2. The zero-order valence-electron chi connectivity index (χ0n) is 15.5. The number of ketones is 2. The van der Waals surface area contributed by atoms with Crippen molar-refractivity contribution in [1.82, 2.24) is 0 Å². The lowest BCUT2D eigenvalue weighted by Gasteiger charge is -2.03. The Morgan fingerprint density at radius 2 is 1.46 bits per heavy atom. The predicted octanol–water partition coefficient (Wildman–Crippen LogP) is 3.44. The first-order chi connectivity index (χ1) is 13.4. The minimum absolute atomic E-state index is 0.00547. The quantitative estimate of drug-likeness (QED) is 0.429. The lowest BCUT2D eigenvalue weighted by Crippen LogP contribution is -2.02. The first-order valence-electron chi connectivity index (χ1n) is 8.40. The molecule has 2 rings (SSSR count). The summed E-state index contributed by atoms with van der Waals surface area (Å²) in [5.41, 5.74) is 1.80. The summed E-state index contributed by atoms with van der Waals surface area (Å²) in [6.07, 6.45) is 5.49. The predicted molar refractivity (Wildman–Crippen MR) is 105 cm³/mol. The summed E-state index contributed by atoms with van der Waals surface area (Å²) >= 11 is 0. The molecule has 0 fully saturated rings. The van der Waals surface area contributed by atoms with Gasteiger partial charge in [0.15, 0.2) is 23.1 Å². The summed E-state index contributed by atoms with van der Waals surface area (Å²) in [5.74, 6) is -0.814. The summed E-state index contributed by atoms with van der Waals surface area (Å²) in [7, 11) is 2.74. The Morgan fingerprint density at radius 1 is 0.893 bits per heavy atom. The van der Waals surface area contributed by atoms with E-state index in [9.17, 15) is 19.5 Å². The molecule has 28 heavy (non-hydrogen) atoms. The normalized spacial score (nSPS) is 10.9. The molecule has 0 spiro atoms. The number of esters is 1. The van der Waals surface area contributed by atoms with Gasteiger partial charge in [-0.05, 0) is 47.5 Å². The SMILES string of the molecule is COC(=O)c1ccc(/C=C/C(=O)CC(=O)/C=C/c2ccc(O)c(OC)c2)cc1. The smallest absolute Gasteiger partial charge is 0.337 e. The van der Waals surface area contributed by atoms with E-state index in [2.05, 4.69) is 4.74 Å². The van der Waals surface area contributed by atoms with Crippen molar-refractivity contribution in [2.75, 3.05) is 14.2 Å². The molecule has 0 saturated heterocycles. The number of ether oxygens (including phenoxy) is 2. The van der Waals surface area contributed by atoms with Crippen molar-refractivity contribution >= 4 is 29.7 Å². The van der Waals surface area contributed by atoms with Crippen LogP contribution in [0.4, 0.5) is 0 Å². The third-order valence-electron chi connectivity index (χ3n) is 3.81. The average molecular weight is 380 g/mol. The molecule has 2 aromatic carbocycles. The maximum atomic E-state index is 11.9. The molecule has 2 aromatic rings. The van der Waals surface area contributed by atoms with Gasteiger partial charge in [0.25, 0.3) is 0 Å². The summed E-state index contributed by atoms with van der Waals surface area (Å²) in [5, 5.41) is 9.55. The van der Waals surface area contributed by atoms with Crippen LogP contribution in [0, 0.1) is 0 Å². The van der Waals surface area contributed by atoms with Gasteiger partial charge < -0.3 is 14.6 Å². The van der Waals surface area contributed by atoms with Crippen molar-refractivity contribution in [1.29, 1.82) is 0 Å². The van der Waals surface area contributed by atoms with Crippen LogP contribution in [0.15, 0.2) is 54.6 Å². The molecular weight excluding hydrogens is 360 g/mol. The topological polar surface area (TPSA) is 89.9 Å². The fraction of sp³-hybridized carbons (Fsp3) is 0.136. The highest BCUT2D eigenvalue weighted by atomic mass is 16.5. The van der Waals surface area contributed by atoms with Gasteiger partial charge in [-0.2, -0.15) is 0 Å². The van der Waals surface area contributed by atoms with Crippen LogP contribution in [0.2, 0.25) is 0 Å². The number of phenols is 1. The second-order valence-electron chi connectivity index (χ2n) is 5.82. The van der Waals surface area contributed by atoms with Crippen molar-refractivity contribution in [3.63, 3.8) is 0 Å². The summed E-state index contributed by atoms with van der Waals surface area (Å²) < 4.78 is 9.62. The molecule has 6 nitrogen and oxygen atoms in total. The Hall–Kier alpha value is -3.67. The van der Waals surface area contributed by atoms with E-state index in [1.807, 2.05) is 0 Å². The molecule has 1 N–H and O–H groups in total. The van der Waals surface area contributed by atoms with Gasteiger partial charge in [0.2, 0.25) is 0 Å². The van der Waals surface area contributed by atoms with E-state index >= 15 is 0 Å². The summed E-state index contributed by atoms with van der Waals surface area (Å²) in [4.78, 5) is 35.2. The van der Waals surface area contributed by atoms with Crippen LogP contribution in [-0.4, -0.2) is 36.9 Å². The number of methoxy groups -OCH3 is 2. The van der Waals surface area contributed by atoms with Gasteiger partial charge in [-0.1, -0.05) is 30.4 Å². The number of carbonyl (C=O) groups is 3. The van der Waals surface area contributed by atoms with Crippen LogP contribution < -0.4 is 4.74 Å². The fourth-order valence-corrected chi connectivity index (χ4v) is 2.31. The molecule has 0 saturated carbocycles. The Morgan fingerprint density at radius 3 is 2.04 bits per heavy atom. The van der Waals surface area contributed by atoms with Gasteiger partial charge in [-0.3, -0.25) is 9.59 Å². The molecule has 0 heterocycles. The van der Waals surface area contributed by atoms with Crippen molar-refractivity contribution in [2.45, 2.75) is 6.42 Å². The fourth-order valence-electron chi connectivity index (χ4n) is 2.31. The Balaban J connectivity index is 1.92. The number of rotatable bonds is 8.